The average molecular weight is 296 g/mol. The van der Waals surface area contributed by atoms with Gasteiger partial charge < -0.3 is 10.0 Å². The van der Waals surface area contributed by atoms with E-state index >= 15 is 0 Å². The predicted molar refractivity (Wildman–Crippen MR) is 82.8 cm³/mol. The van der Waals surface area contributed by atoms with Gasteiger partial charge in [-0.05, 0) is 18.8 Å². The highest BCUT2D eigenvalue weighted by Gasteiger charge is 2.27. The number of aromatic nitrogens is 1. The molecule has 1 aliphatic rings. The molecule has 0 amide bonds. The molecule has 1 aliphatic heterocycles. The van der Waals surface area contributed by atoms with Crippen molar-refractivity contribution >= 4 is 22.4 Å². The number of rotatable bonds is 3. The summed E-state index contributed by atoms with van der Waals surface area (Å²) < 4.78 is 0. The summed E-state index contributed by atoms with van der Waals surface area (Å²) in [5, 5.41) is 10.1. The molecule has 2 heterocycles. The molecule has 0 aliphatic carbocycles. The molecule has 1 fully saturated rings. The number of nitrogens with zero attached hydrogens (tertiary/aromatic N) is 2. The minimum Gasteiger partial charge on any atom is -0.481 e. The third kappa shape index (κ3) is 3.51. The maximum atomic E-state index is 11.1. The van der Waals surface area contributed by atoms with E-state index in [1.165, 1.54) is 12.8 Å². The fourth-order valence-electron chi connectivity index (χ4n) is 2.68. The van der Waals surface area contributed by atoms with Gasteiger partial charge in [0.05, 0.1) is 12.1 Å². The first kappa shape index (κ1) is 15.3. The van der Waals surface area contributed by atoms with E-state index in [4.69, 9.17) is 10.1 Å². The molecule has 0 aromatic carbocycles. The summed E-state index contributed by atoms with van der Waals surface area (Å²) in [6.45, 7) is 10.6. The molecule has 112 valence electrons. The van der Waals surface area contributed by atoms with Gasteiger partial charge in [0.15, 0.2) is 5.13 Å². The summed E-state index contributed by atoms with van der Waals surface area (Å²) in [6, 6.07) is 0. The number of thiazole rings is 1. The van der Waals surface area contributed by atoms with Gasteiger partial charge in [0.2, 0.25) is 0 Å². The van der Waals surface area contributed by atoms with Crippen molar-refractivity contribution in [3.63, 3.8) is 0 Å². The Bertz CT molecular complexity index is 491. The Morgan fingerprint density at radius 2 is 2.20 bits per heavy atom. The first-order valence-electron chi connectivity index (χ1n) is 7.24. The van der Waals surface area contributed by atoms with Crippen LogP contribution < -0.4 is 4.90 Å². The van der Waals surface area contributed by atoms with Crippen LogP contribution in [0.15, 0.2) is 0 Å². The molecule has 20 heavy (non-hydrogen) atoms. The third-order valence-electron chi connectivity index (χ3n) is 3.64. The third-order valence-corrected chi connectivity index (χ3v) is 4.75. The van der Waals surface area contributed by atoms with E-state index in [1.807, 2.05) is 0 Å². The number of carboxylic acid groups (broad SMARTS) is 1. The molecule has 1 atom stereocenters. The molecule has 1 unspecified atom stereocenters. The SMILES string of the molecule is CC1CCCN(c2nc(C(C)(C)C)c(CC(=O)O)s2)C1. The van der Waals surface area contributed by atoms with Crippen molar-refractivity contribution in [3.8, 4) is 0 Å². The fourth-order valence-corrected chi connectivity index (χ4v) is 3.98. The largest absolute Gasteiger partial charge is 0.481 e. The topological polar surface area (TPSA) is 53.4 Å². The number of piperidine rings is 1. The Kier molecular flexibility index (Phi) is 4.37. The zero-order valence-electron chi connectivity index (χ0n) is 12.8. The second-order valence-electron chi connectivity index (χ2n) is 6.78. The van der Waals surface area contributed by atoms with E-state index in [-0.39, 0.29) is 11.8 Å². The standard InChI is InChI=1S/C15H24N2O2S/c1-10-6-5-7-17(9-10)14-16-13(15(2,3)4)11(20-14)8-12(18)19/h10H,5-9H2,1-4H3,(H,18,19). The van der Waals surface area contributed by atoms with Crippen molar-refractivity contribution < 1.29 is 9.90 Å². The van der Waals surface area contributed by atoms with Crippen molar-refractivity contribution in [1.29, 1.82) is 0 Å². The number of hydrogen-bond acceptors (Lipinski definition) is 4. The molecule has 0 spiro atoms. The van der Waals surface area contributed by atoms with Crippen LogP contribution in [0.3, 0.4) is 0 Å². The zero-order chi connectivity index (χ0) is 14.9. The van der Waals surface area contributed by atoms with Crippen LogP contribution in [-0.2, 0) is 16.6 Å². The highest BCUT2D eigenvalue weighted by atomic mass is 32.1. The van der Waals surface area contributed by atoms with Crippen LogP contribution in [0.25, 0.3) is 0 Å². The van der Waals surface area contributed by atoms with E-state index in [2.05, 4.69) is 32.6 Å². The highest BCUT2D eigenvalue weighted by Crippen LogP contribution is 2.35. The number of carboxylic acids is 1. The number of aliphatic carboxylic acids is 1. The Morgan fingerprint density at radius 3 is 2.75 bits per heavy atom. The molecule has 1 saturated heterocycles. The molecule has 5 heteroatoms. The lowest BCUT2D eigenvalue weighted by molar-refractivity contribution is -0.136. The second-order valence-corrected chi connectivity index (χ2v) is 7.84. The fraction of sp³-hybridized carbons (Fsp3) is 0.733. The molecule has 4 nitrogen and oxygen atoms in total. The summed E-state index contributed by atoms with van der Waals surface area (Å²) in [4.78, 5) is 19.0. The summed E-state index contributed by atoms with van der Waals surface area (Å²) in [5.74, 6) is -0.0913. The molecule has 0 saturated carbocycles. The average Bonchev–Trinajstić information content (AvgIpc) is 2.71. The van der Waals surface area contributed by atoms with Crippen LogP contribution in [0.4, 0.5) is 5.13 Å². The summed E-state index contributed by atoms with van der Waals surface area (Å²) in [7, 11) is 0. The van der Waals surface area contributed by atoms with E-state index in [1.54, 1.807) is 11.3 Å². The summed E-state index contributed by atoms with van der Waals surface area (Å²) in [5.41, 5.74) is 0.833. The Hall–Kier alpha value is -1.10. The van der Waals surface area contributed by atoms with Gasteiger partial charge in [-0.25, -0.2) is 4.98 Å². The van der Waals surface area contributed by atoms with Gasteiger partial charge in [-0.2, -0.15) is 0 Å². The van der Waals surface area contributed by atoms with Crippen molar-refractivity contribution in [2.45, 2.75) is 52.4 Å². The van der Waals surface area contributed by atoms with E-state index in [0.717, 1.165) is 28.8 Å². The molecule has 0 bridgehead atoms. The van der Waals surface area contributed by atoms with Crippen molar-refractivity contribution in [2.75, 3.05) is 18.0 Å². The van der Waals surface area contributed by atoms with Crippen LogP contribution in [-0.4, -0.2) is 29.1 Å². The van der Waals surface area contributed by atoms with Crippen LogP contribution in [0.1, 0.15) is 51.1 Å². The molecular formula is C15H24N2O2S. The Labute approximate surface area is 124 Å². The normalized spacial score (nSPS) is 20.2. The smallest absolute Gasteiger partial charge is 0.308 e. The lowest BCUT2D eigenvalue weighted by Gasteiger charge is -2.30. The van der Waals surface area contributed by atoms with Gasteiger partial charge in [-0.1, -0.05) is 27.7 Å². The first-order valence-corrected chi connectivity index (χ1v) is 8.06. The maximum absolute atomic E-state index is 11.1. The minimum absolute atomic E-state index is 0.0770. The molecular weight excluding hydrogens is 272 g/mol. The van der Waals surface area contributed by atoms with E-state index in [0.29, 0.717) is 5.92 Å². The van der Waals surface area contributed by atoms with Crippen LogP contribution in [0.2, 0.25) is 0 Å². The quantitative estimate of drug-likeness (QED) is 0.930. The van der Waals surface area contributed by atoms with Crippen LogP contribution >= 0.6 is 11.3 Å². The lowest BCUT2D eigenvalue weighted by atomic mass is 9.91. The van der Waals surface area contributed by atoms with Crippen molar-refractivity contribution in [1.82, 2.24) is 4.98 Å². The van der Waals surface area contributed by atoms with Crippen molar-refractivity contribution in [3.05, 3.63) is 10.6 Å². The molecule has 1 aromatic rings. The molecule has 2 rings (SSSR count). The van der Waals surface area contributed by atoms with Crippen LogP contribution in [0, 0.1) is 5.92 Å². The van der Waals surface area contributed by atoms with Gasteiger partial charge in [-0.3, -0.25) is 4.79 Å². The second kappa shape index (κ2) is 5.72. The number of anilines is 1. The summed E-state index contributed by atoms with van der Waals surface area (Å²) >= 11 is 1.56. The van der Waals surface area contributed by atoms with E-state index < -0.39 is 5.97 Å². The summed E-state index contributed by atoms with van der Waals surface area (Å²) in [6.07, 6.45) is 2.55. The lowest BCUT2D eigenvalue weighted by Crippen LogP contribution is -2.34. The zero-order valence-corrected chi connectivity index (χ0v) is 13.6. The Balaban J connectivity index is 2.30. The van der Waals surface area contributed by atoms with Crippen LogP contribution in [0.5, 0.6) is 0 Å². The van der Waals surface area contributed by atoms with E-state index in [9.17, 15) is 4.79 Å². The van der Waals surface area contributed by atoms with Gasteiger partial charge in [0.25, 0.3) is 0 Å². The minimum atomic E-state index is -0.780. The Morgan fingerprint density at radius 1 is 1.50 bits per heavy atom. The van der Waals surface area contributed by atoms with Gasteiger partial charge in [0.1, 0.15) is 0 Å². The number of carbonyl (C=O) groups is 1. The number of hydrogen-bond donors (Lipinski definition) is 1. The maximum Gasteiger partial charge on any atom is 0.308 e. The predicted octanol–water partition coefficient (Wildman–Crippen LogP) is 3.30. The van der Waals surface area contributed by atoms with Crippen molar-refractivity contribution in [2.24, 2.45) is 5.92 Å². The monoisotopic (exact) mass is 296 g/mol. The molecule has 1 aromatic heterocycles. The van der Waals surface area contributed by atoms with Gasteiger partial charge in [-0.15, -0.1) is 11.3 Å². The van der Waals surface area contributed by atoms with Gasteiger partial charge in [0, 0.05) is 23.4 Å². The molecule has 1 N–H and O–H groups in total. The first-order chi connectivity index (χ1) is 9.27. The highest BCUT2D eigenvalue weighted by molar-refractivity contribution is 7.15. The molecule has 0 radical (unpaired) electrons. The van der Waals surface area contributed by atoms with Gasteiger partial charge >= 0.3 is 5.97 Å².